The first-order chi connectivity index (χ1) is 9.29. The van der Waals surface area contributed by atoms with Gasteiger partial charge in [0.1, 0.15) is 5.52 Å². The molecule has 0 aliphatic heterocycles. The van der Waals surface area contributed by atoms with Crippen LogP contribution in [0.3, 0.4) is 0 Å². The predicted molar refractivity (Wildman–Crippen MR) is 71.6 cm³/mol. The summed E-state index contributed by atoms with van der Waals surface area (Å²) in [6.07, 6.45) is 7.28. The monoisotopic (exact) mass is 256 g/mol. The second kappa shape index (κ2) is 4.91. The molecule has 2 aromatic rings. The molecule has 5 heteroatoms. The van der Waals surface area contributed by atoms with Crippen molar-refractivity contribution in [2.45, 2.75) is 19.8 Å². The number of nitrogens with zero attached hydrogens (tertiary/aromatic N) is 4. The molecule has 5 nitrogen and oxygen atoms in total. The Hall–Kier alpha value is -2.04. The minimum absolute atomic E-state index is 0.0299. The molecule has 0 atom stereocenters. The van der Waals surface area contributed by atoms with Crippen molar-refractivity contribution in [3.8, 4) is 0 Å². The molecule has 19 heavy (non-hydrogen) atoms. The maximum Gasteiger partial charge on any atom is 0.256 e. The molecule has 0 saturated heterocycles. The van der Waals surface area contributed by atoms with Crippen molar-refractivity contribution < 1.29 is 4.79 Å². The lowest BCUT2D eigenvalue weighted by Crippen LogP contribution is -2.33. The molecule has 3 rings (SSSR count). The Bertz CT molecular complexity index is 604. The Labute approximate surface area is 111 Å². The summed E-state index contributed by atoms with van der Waals surface area (Å²) >= 11 is 0. The zero-order valence-electron chi connectivity index (χ0n) is 10.9. The fourth-order valence-electron chi connectivity index (χ4n) is 2.19. The maximum atomic E-state index is 12.6. The molecule has 1 amide bonds. The number of pyridine rings is 1. The van der Waals surface area contributed by atoms with E-state index in [9.17, 15) is 4.79 Å². The van der Waals surface area contributed by atoms with Gasteiger partial charge in [0.15, 0.2) is 5.65 Å². The van der Waals surface area contributed by atoms with E-state index in [1.165, 1.54) is 12.8 Å². The quantitative estimate of drug-likeness (QED) is 0.838. The van der Waals surface area contributed by atoms with Crippen molar-refractivity contribution in [3.63, 3.8) is 0 Å². The smallest absolute Gasteiger partial charge is 0.256 e. The van der Waals surface area contributed by atoms with E-state index in [1.807, 2.05) is 11.8 Å². The summed E-state index contributed by atoms with van der Waals surface area (Å²) in [6, 6.07) is 1.73. The van der Waals surface area contributed by atoms with Crippen LogP contribution in [0, 0.1) is 5.92 Å². The van der Waals surface area contributed by atoms with Crippen LogP contribution in [-0.4, -0.2) is 38.8 Å². The van der Waals surface area contributed by atoms with Gasteiger partial charge in [-0.15, -0.1) is 0 Å². The lowest BCUT2D eigenvalue weighted by atomic mass is 10.2. The lowest BCUT2D eigenvalue weighted by Gasteiger charge is -2.21. The van der Waals surface area contributed by atoms with Crippen LogP contribution in [0.2, 0.25) is 0 Å². The number of hydrogen-bond acceptors (Lipinski definition) is 4. The first-order valence-electron chi connectivity index (χ1n) is 6.64. The molecule has 0 bridgehead atoms. The van der Waals surface area contributed by atoms with Crippen molar-refractivity contribution in [2.75, 3.05) is 13.1 Å². The molecule has 0 aromatic carbocycles. The van der Waals surface area contributed by atoms with Gasteiger partial charge in [-0.05, 0) is 31.7 Å². The number of fused-ring (bicyclic) bond motifs is 1. The van der Waals surface area contributed by atoms with E-state index in [0.717, 1.165) is 13.1 Å². The second-order valence-corrected chi connectivity index (χ2v) is 4.87. The van der Waals surface area contributed by atoms with Gasteiger partial charge in [-0.25, -0.2) is 9.97 Å². The predicted octanol–water partition coefficient (Wildman–Crippen LogP) is 1.90. The largest absolute Gasteiger partial charge is 0.339 e. The van der Waals surface area contributed by atoms with E-state index in [0.29, 0.717) is 22.6 Å². The number of aromatic nitrogens is 3. The Balaban J connectivity index is 1.95. The minimum atomic E-state index is 0.0299. The van der Waals surface area contributed by atoms with E-state index < -0.39 is 0 Å². The van der Waals surface area contributed by atoms with Crippen LogP contribution >= 0.6 is 0 Å². The van der Waals surface area contributed by atoms with Gasteiger partial charge >= 0.3 is 0 Å². The molecule has 1 fully saturated rings. The van der Waals surface area contributed by atoms with Gasteiger partial charge in [-0.3, -0.25) is 9.78 Å². The third-order valence-corrected chi connectivity index (χ3v) is 3.45. The van der Waals surface area contributed by atoms with Crippen LogP contribution < -0.4 is 0 Å². The highest BCUT2D eigenvalue weighted by Crippen LogP contribution is 2.30. The Morgan fingerprint density at radius 1 is 1.26 bits per heavy atom. The molecular weight excluding hydrogens is 240 g/mol. The van der Waals surface area contributed by atoms with E-state index in [4.69, 9.17) is 0 Å². The number of amides is 1. The van der Waals surface area contributed by atoms with Crippen molar-refractivity contribution in [2.24, 2.45) is 5.92 Å². The van der Waals surface area contributed by atoms with Gasteiger partial charge in [0.25, 0.3) is 5.91 Å². The number of carbonyl (C=O) groups is 1. The number of hydrogen-bond donors (Lipinski definition) is 0. The Morgan fingerprint density at radius 3 is 2.74 bits per heavy atom. The van der Waals surface area contributed by atoms with Crippen LogP contribution in [0.4, 0.5) is 0 Å². The van der Waals surface area contributed by atoms with Crippen molar-refractivity contribution >= 4 is 17.1 Å². The summed E-state index contributed by atoms with van der Waals surface area (Å²) in [5.41, 5.74) is 1.71. The third kappa shape index (κ3) is 2.41. The van der Waals surface area contributed by atoms with Gasteiger partial charge in [0, 0.05) is 31.7 Å². The summed E-state index contributed by atoms with van der Waals surface area (Å²) < 4.78 is 0. The van der Waals surface area contributed by atoms with Crippen molar-refractivity contribution in [3.05, 3.63) is 30.2 Å². The average molecular weight is 256 g/mol. The van der Waals surface area contributed by atoms with Gasteiger partial charge in [-0.2, -0.15) is 0 Å². The van der Waals surface area contributed by atoms with Crippen LogP contribution in [0.5, 0.6) is 0 Å². The first kappa shape index (κ1) is 12.0. The molecular formula is C14H16N4O. The zero-order chi connectivity index (χ0) is 13.2. The Kier molecular flexibility index (Phi) is 3.11. The third-order valence-electron chi connectivity index (χ3n) is 3.45. The van der Waals surface area contributed by atoms with Gasteiger partial charge in [0.2, 0.25) is 0 Å². The van der Waals surface area contributed by atoms with Crippen LogP contribution in [-0.2, 0) is 0 Å². The molecule has 1 saturated carbocycles. The average Bonchev–Trinajstić information content (AvgIpc) is 3.27. The molecule has 2 heterocycles. The molecule has 2 aromatic heterocycles. The molecule has 1 aliphatic carbocycles. The molecule has 1 aliphatic rings. The zero-order valence-corrected chi connectivity index (χ0v) is 10.9. The maximum absolute atomic E-state index is 12.6. The topological polar surface area (TPSA) is 59.0 Å². The highest BCUT2D eigenvalue weighted by atomic mass is 16.2. The molecule has 0 spiro atoms. The lowest BCUT2D eigenvalue weighted by molar-refractivity contribution is 0.0758. The highest BCUT2D eigenvalue weighted by molar-refractivity contribution is 6.03. The number of carbonyl (C=O) groups excluding carboxylic acids is 1. The van der Waals surface area contributed by atoms with Crippen LogP contribution in [0.15, 0.2) is 24.7 Å². The van der Waals surface area contributed by atoms with Gasteiger partial charge in [0.05, 0.1) is 5.56 Å². The summed E-state index contributed by atoms with van der Waals surface area (Å²) in [5.74, 6) is 0.713. The standard InChI is InChI=1S/C14H16N4O/c1-2-18(9-10-3-4-10)14(19)11-5-6-16-13-12(11)15-7-8-17-13/h5-8,10H,2-4,9H2,1H3. The van der Waals surface area contributed by atoms with Crippen molar-refractivity contribution in [1.29, 1.82) is 0 Å². The van der Waals surface area contributed by atoms with Crippen LogP contribution in [0.1, 0.15) is 30.1 Å². The van der Waals surface area contributed by atoms with Crippen molar-refractivity contribution in [1.82, 2.24) is 19.9 Å². The molecule has 0 unspecified atom stereocenters. The second-order valence-electron chi connectivity index (χ2n) is 4.87. The summed E-state index contributed by atoms with van der Waals surface area (Å²) in [7, 11) is 0. The molecule has 0 radical (unpaired) electrons. The van der Waals surface area contributed by atoms with E-state index in [2.05, 4.69) is 15.0 Å². The first-order valence-corrected chi connectivity index (χ1v) is 6.64. The fourth-order valence-corrected chi connectivity index (χ4v) is 2.19. The van der Waals surface area contributed by atoms with E-state index in [-0.39, 0.29) is 5.91 Å². The van der Waals surface area contributed by atoms with E-state index in [1.54, 1.807) is 24.7 Å². The normalized spacial score (nSPS) is 14.6. The van der Waals surface area contributed by atoms with Gasteiger partial charge < -0.3 is 4.90 Å². The SMILES string of the molecule is CCN(CC1CC1)C(=O)c1ccnc2nccnc12. The Morgan fingerprint density at radius 2 is 2.00 bits per heavy atom. The molecule has 0 N–H and O–H groups in total. The summed E-state index contributed by atoms with van der Waals surface area (Å²) in [5, 5.41) is 0. The van der Waals surface area contributed by atoms with Crippen LogP contribution in [0.25, 0.3) is 11.2 Å². The fraction of sp³-hybridized carbons (Fsp3) is 0.429. The van der Waals surface area contributed by atoms with Gasteiger partial charge in [-0.1, -0.05) is 0 Å². The number of rotatable bonds is 4. The highest BCUT2D eigenvalue weighted by Gasteiger charge is 2.27. The van der Waals surface area contributed by atoms with E-state index >= 15 is 0 Å². The summed E-state index contributed by atoms with van der Waals surface area (Å²) in [4.78, 5) is 27.0. The molecule has 98 valence electrons. The summed E-state index contributed by atoms with van der Waals surface area (Å²) in [6.45, 7) is 3.58. The minimum Gasteiger partial charge on any atom is -0.339 e.